The molecule has 1 aliphatic heterocycles. The van der Waals surface area contributed by atoms with Crippen LogP contribution in [0.5, 0.6) is 0 Å². The van der Waals surface area contributed by atoms with E-state index in [1.54, 1.807) is 0 Å². The Balaban J connectivity index is 1.53. The summed E-state index contributed by atoms with van der Waals surface area (Å²) in [6.45, 7) is 4.05. The molecule has 0 unspecified atom stereocenters. The highest BCUT2D eigenvalue weighted by Gasteiger charge is 2.20. The number of carbonyl (C=O) groups excluding carboxylic acids is 1. The lowest BCUT2D eigenvalue weighted by atomic mass is 9.83. The van der Waals surface area contributed by atoms with E-state index in [0.29, 0.717) is 18.2 Å². The fourth-order valence-corrected chi connectivity index (χ4v) is 2.72. The van der Waals surface area contributed by atoms with Gasteiger partial charge in [0.15, 0.2) is 0 Å². The number of hydrogen-bond donors (Lipinski definition) is 2. The molecule has 108 valence electrons. The van der Waals surface area contributed by atoms with Gasteiger partial charge in [0.05, 0.1) is 11.9 Å². The number of carbonyl (C=O) groups is 1. The molecule has 3 rings (SSSR count). The fraction of sp³-hybridized carbons (Fsp3) is 0.600. The number of rotatable bonds is 4. The summed E-state index contributed by atoms with van der Waals surface area (Å²) in [6.07, 6.45) is 6.16. The van der Waals surface area contributed by atoms with E-state index in [9.17, 15) is 4.79 Å². The average Bonchev–Trinajstić information content (AvgIpc) is 2.45. The van der Waals surface area contributed by atoms with Gasteiger partial charge in [-0.05, 0) is 30.9 Å². The Morgan fingerprint density at radius 1 is 1.35 bits per heavy atom. The van der Waals surface area contributed by atoms with E-state index in [1.165, 1.54) is 19.3 Å². The number of pyridine rings is 1. The predicted molar refractivity (Wildman–Crippen MR) is 79.9 cm³/mol. The summed E-state index contributed by atoms with van der Waals surface area (Å²) in [5.41, 5.74) is 1.13. The molecule has 1 aromatic heterocycles. The van der Waals surface area contributed by atoms with Crippen LogP contribution in [-0.4, -0.2) is 37.1 Å². The predicted octanol–water partition coefficient (Wildman–Crippen LogP) is 1.62. The third-order valence-electron chi connectivity index (χ3n) is 4.20. The molecule has 20 heavy (non-hydrogen) atoms. The molecule has 1 saturated carbocycles. The molecule has 0 radical (unpaired) electrons. The van der Waals surface area contributed by atoms with Gasteiger partial charge in [0.1, 0.15) is 5.82 Å². The van der Waals surface area contributed by atoms with E-state index in [4.69, 9.17) is 0 Å². The van der Waals surface area contributed by atoms with E-state index in [0.717, 1.165) is 31.9 Å². The van der Waals surface area contributed by atoms with Crippen LogP contribution in [0.15, 0.2) is 18.3 Å². The van der Waals surface area contributed by atoms with E-state index in [2.05, 4.69) is 20.5 Å². The lowest BCUT2D eigenvalue weighted by Crippen LogP contribution is -2.43. The number of anilines is 2. The number of hydrogen-bond acceptors (Lipinski definition) is 4. The second-order valence-corrected chi connectivity index (χ2v) is 5.69. The van der Waals surface area contributed by atoms with Crippen LogP contribution in [0.2, 0.25) is 0 Å². The smallest absolute Gasteiger partial charge is 0.225 e. The molecule has 2 heterocycles. The van der Waals surface area contributed by atoms with Crippen LogP contribution in [0.4, 0.5) is 11.5 Å². The number of piperazine rings is 1. The van der Waals surface area contributed by atoms with Crippen LogP contribution in [0.3, 0.4) is 0 Å². The Bertz CT molecular complexity index is 449. The van der Waals surface area contributed by atoms with Gasteiger partial charge in [-0.2, -0.15) is 0 Å². The van der Waals surface area contributed by atoms with E-state index >= 15 is 0 Å². The van der Waals surface area contributed by atoms with Crippen molar-refractivity contribution in [3.63, 3.8) is 0 Å². The minimum absolute atomic E-state index is 0.0946. The maximum Gasteiger partial charge on any atom is 0.225 e. The standard InChI is InChI=1S/C15H22N4O/c20-15(10-12-2-1-3-12)18-14-5-4-13(11-17-14)19-8-6-16-7-9-19/h4-5,11-12,16H,1-3,6-10H2,(H,17,18,20). The maximum absolute atomic E-state index is 11.8. The lowest BCUT2D eigenvalue weighted by molar-refractivity contribution is -0.117. The van der Waals surface area contributed by atoms with Crippen molar-refractivity contribution in [1.82, 2.24) is 10.3 Å². The van der Waals surface area contributed by atoms with E-state index in [1.807, 2.05) is 18.3 Å². The summed E-state index contributed by atoms with van der Waals surface area (Å²) >= 11 is 0. The van der Waals surface area contributed by atoms with Gasteiger partial charge in [-0.25, -0.2) is 4.98 Å². The maximum atomic E-state index is 11.8. The SMILES string of the molecule is O=C(CC1CCC1)Nc1ccc(N2CCNCC2)cn1. The van der Waals surface area contributed by atoms with Gasteiger partial charge in [0.25, 0.3) is 0 Å². The highest BCUT2D eigenvalue weighted by atomic mass is 16.1. The number of aromatic nitrogens is 1. The van der Waals surface area contributed by atoms with Crippen LogP contribution in [0, 0.1) is 5.92 Å². The highest BCUT2D eigenvalue weighted by molar-refractivity contribution is 5.90. The molecule has 0 atom stereocenters. The lowest BCUT2D eigenvalue weighted by Gasteiger charge is -2.29. The quantitative estimate of drug-likeness (QED) is 0.876. The number of amides is 1. The fourth-order valence-electron chi connectivity index (χ4n) is 2.72. The monoisotopic (exact) mass is 274 g/mol. The van der Waals surface area contributed by atoms with Crippen molar-refractivity contribution in [3.05, 3.63) is 18.3 Å². The van der Waals surface area contributed by atoms with Crippen molar-refractivity contribution < 1.29 is 4.79 Å². The molecule has 1 aromatic rings. The van der Waals surface area contributed by atoms with Crippen LogP contribution >= 0.6 is 0 Å². The number of nitrogens with one attached hydrogen (secondary N) is 2. The zero-order chi connectivity index (χ0) is 13.8. The highest BCUT2D eigenvalue weighted by Crippen LogP contribution is 2.29. The number of nitrogens with zero attached hydrogens (tertiary/aromatic N) is 2. The molecule has 0 spiro atoms. The zero-order valence-corrected chi connectivity index (χ0v) is 11.8. The molecule has 1 saturated heterocycles. The largest absolute Gasteiger partial charge is 0.368 e. The van der Waals surface area contributed by atoms with Crippen LogP contribution in [-0.2, 0) is 4.79 Å². The Morgan fingerprint density at radius 3 is 2.75 bits per heavy atom. The van der Waals surface area contributed by atoms with E-state index in [-0.39, 0.29) is 5.91 Å². The summed E-state index contributed by atoms with van der Waals surface area (Å²) in [5.74, 6) is 1.35. The zero-order valence-electron chi connectivity index (χ0n) is 11.8. The molecule has 2 N–H and O–H groups in total. The molecule has 0 bridgehead atoms. The third kappa shape index (κ3) is 3.28. The van der Waals surface area contributed by atoms with Crippen molar-refractivity contribution >= 4 is 17.4 Å². The Hall–Kier alpha value is -1.62. The minimum Gasteiger partial charge on any atom is -0.368 e. The second kappa shape index (κ2) is 6.22. The first-order valence-electron chi connectivity index (χ1n) is 7.53. The van der Waals surface area contributed by atoms with Crippen molar-refractivity contribution in [1.29, 1.82) is 0 Å². The summed E-state index contributed by atoms with van der Waals surface area (Å²) in [6, 6.07) is 3.94. The van der Waals surface area contributed by atoms with Crippen molar-refractivity contribution in [3.8, 4) is 0 Å². The molecule has 2 aliphatic rings. The first kappa shape index (κ1) is 13.4. The Morgan fingerprint density at radius 2 is 2.15 bits per heavy atom. The molecular weight excluding hydrogens is 252 g/mol. The molecular formula is C15H22N4O. The van der Waals surface area contributed by atoms with Crippen molar-refractivity contribution in [2.45, 2.75) is 25.7 Å². The van der Waals surface area contributed by atoms with Gasteiger partial charge in [-0.1, -0.05) is 6.42 Å². The van der Waals surface area contributed by atoms with Crippen LogP contribution in [0.1, 0.15) is 25.7 Å². The molecule has 2 fully saturated rings. The van der Waals surface area contributed by atoms with Gasteiger partial charge in [-0.3, -0.25) is 4.79 Å². The van der Waals surface area contributed by atoms with Crippen LogP contribution < -0.4 is 15.5 Å². The van der Waals surface area contributed by atoms with Gasteiger partial charge >= 0.3 is 0 Å². The van der Waals surface area contributed by atoms with Gasteiger partial charge < -0.3 is 15.5 Å². The minimum atomic E-state index is 0.0946. The second-order valence-electron chi connectivity index (χ2n) is 5.69. The van der Waals surface area contributed by atoms with E-state index < -0.39 is 0 Å². The first-order chi connectivity index (χ1) is 9.81. The molecule has 1 amide bonds. The van der Waals surface area contributed by atoms with Gasteiger partial charge in [0, 0.05) is 32.6 Å². The van der Waals surface area contributed by atoms with Gasteiger partial charge in [0.2, 0.25) is 5.91 Å². The molecule has 0 aromatic carbocycles. The Kier molecular flexibility index (Phi) is 4.16. The summed E-state index contributed by atoms with van der Waals surface area (Å²) in [5, 5.41) is 6.22. The van der Waals surface area contributed by atoms with Crippen molar-refractivity contribution in [2.75, 3.05) is 36.4 Å². The Labute approximate surface area is 119 Å². The molecule has 1 aliphatic carbocycles. The molecule has 5 nitrogen and oxygen atoms in total. The van der Waals surface area contributed by atoms with Gasteiger partial charge in [-0.15, -0.1) is 0 Å². The normalized spacial score (nSPS) is 19.5. The molecule has 5 heteroatoms. The van der Waals surface area contributed by atoms with Crippen molar-refractivity contribution in [2.24, 2.45) is 5.92 Å². The topological polar surface area (TPSA) is 57.3 Å². The first-order valence-corrected chi connectivity index (χ1v) is 7.53. The third-order valence-corrected chi connectivity index (χ3v) is 4.20. The summed E-state index contributed by atoms with van der Waals surface area (Å²) < 4.78 is 0. The summed E-state index contributed by atoms with van der Waals surface area (Å²) in [4.78, 5) is 18.5. The van der Waals surface area contributed by atoms with Crippen LogP contribution in [0.25, 0.3) is 0 Å². The average molecular weight is 274 g/mol. The summed E-state index contributed by atoms with van der Waals surface area (Å²) in [7, 11) is 0.